The molecule has 2 amide bonds. The van der Waals surface area contributed by atoms with E-state index in [1.807, 2.05) is 110 Å². The van der Waals surface area contributed by atoms with E-state index >= 15 is 0 Å². The molecule has 6 heteroatoms. The number of hydrogen-bond donors (Lipinski definition) is 0. The van der Waals surface area contributed by atoms with Crippen molar-refractivity contribution in [1.82, 2.24) is 9.80 Å². The number of ether oxygens (including phenoxy) is 2. The van der Waals surface area contributed by atoms with E-state index in [1.165, 1.54) is 0 Å². The predicted molar refractivity (Wildman–Crippen MR) is 138 cm³/mol. The van der Waals surface area contributed by atoms with Crippen LogP contribution in [-0.4, -0.2) is 45.9 Å². The summed E-state index contributed by atoms with van der Waals surface area (Å²) >= 11 is 0. The molecule has 4 atom stereocenters. The van der Waals surface area contributed by atoms with Crippen LogP contribution in [0.4, 0.5) is 0 Å². The smallest absolute Gasteiger partial charge is 0.252 e. The van der Waals surface area contributed by atoms with Gasteiger partial charge in [-0.1, -0.05) is 60.7 Å². The Bertz CT molecular complexity index is 1130. The number of nitrogens with zero attached hydrogens (tertiary/aromatic N) is 2. The zero-order valence-corrected chi connectivity index (χ0v) is 21.2. The van der Waals surface area contributed by atoms with Gasteiger partial charge in [0.25, 0.3) is 11.8 Å². The average Bonchev–Trinajstić information content (AvgIpc) is 3.54. The molecule has 0 spiro atoms. The molecule has 0 N–H and O–H groups in total. The first-order valence-corrected chi connectivity index (χ1v) is 12.0. The molecular formula is C30H32N2O4. The quantitative estimate of drug-likeness (QED) is 0.576. The number of fused-ring (bicyclic) bond motifs is 2. The second-order valence-electron chi connectivity index (χ2n) is 9.87. The molecular weight excluding hydrogens is 452 g/mol. The summed E-state index contributed by atoms with van der Waals surface area (Å²) in [6, 6.07) is 19.8. The molecule has 2 saturated heterocycles. The molecule has 36 heavy (non-hydrogen) atoms. The lowest BCUT2D eigenvalue weighted by molar-refractivity contribution is -0.134. The number of rotatable bonds is 2. The summed E-state index contributed by atoms with van der Waals surface area (Å²) in [6.07, 6.45) is 11.5. The minimum atomic E-state index is -0.276. The molecule has 0 radical (unpaired) electrons. The summed E-state index contributed by atoms with van der Waals surface area (Å²) < 4.78 is 11.6. The minimum absolute atomic E-state index is 0.0823. The first kappa shape index (κ1) is 25.4. The Kier molecular flexibility index (Phi) is 6.90. The van der Waals surface area contributed by atoms with Crippen LogP contribution in [0, 0.1) is 12.8 Å². The second-order valence-corrected chi connectivity index (χ2v) is 9.87. The number of carbonyl (C=O) groups is 2. The summed E-state index contributed by atoms with van der Waals surface area (Å²) in [7, 11) is 0. The highest BCUT2D eigenvalue weighted by Gasteiger charge is 2.51. The third kappa shape index (κ3) is 4.26. The van der Waals surface area contributed by atoms with Crippen molar-refractivity contribution in [3.63, 3.8) is 0 Å². The highest BCUT2D eigenvalue weighted by molar-refractivity contribution is 5.97. The van der Waals surface area contributed by atoms with E-state index in [-0.39, 0.29) is 35.3 Å². The molecule has 4 aliphatic rings. The standard InChI is InChI=1S/2C14H15NO2.C2H2/c2*1-10-8-14(2)9-17-13(15(14)12(10)16)11-6-4-3-5-7-11;1-2/h2*3-8,13H,9H2,1-2H3;1-2H/t2*13?,14-;/m11./s1. The average molecular weight is 485 g/mol. The van der Waals surface area contributed by atoms with Gasteiger partial charge in [0.15, 0.2) is 12.5 Å². The minimum Gasteiger partial charge on any atom is -0.351 e. The normalized spacial score (nSPS) is 29.9. The van der Waals surface area contributed by atoms with Crippen LogP contribution in [0.1, 0.15) is 51.3 Å². The Morgan fingerprint density at radius 2 is 1.03 bits per heavy atom. The van der Waals surface area contributed by atoms with Crippen molar-refractivity contribution in [2.45, 2.75) is 51.2 Å². The largest absolute Gasteiger partial charge is 0.351 e. The van der Waals surface area contributed by atoms with Gasteiger partial charge in [0, 0.05) is 22.3 Å². The number of carbonyl (C=O) groups excluding carboxylic acids is 2. The maximum absolute atomic E-state index is 12.2. The van der Waals surface area contributed by atoms with Gasteiger partial charge in [-0.15, -0.1) is 12.8 Å². The van der Waals surface area contributed by atoms with E-state index in [4.69, 9.17) is 9.47 Å². The van der Waals surface area contributed by atoms with Crippen LogP contribution in [0.15, 0.2) is 84.0 Å². The van der Waals surface area contributed by atoms with E-state index in [0.717, 1.165) is 22.3 Å². The maximum atomic E-state index is 12.2. The number of amides is 2. The van der Waals surface area contributed by atoms with Gasteiger partial charge < -0.3 is 9.47 Å². The third-order valence-corrected chi connectivity index (χ3v) is 6.97. The topological polar surface area (TPSA) is 59.1 Å². The number of hydrogen-bond acceptors (Lipinski definition) is 4. The fourth-order valence-corrected chi connectivity index (χ4v) is 5.38. The monoisotopic (exact) mass is 484 g/mol. The summed E-state index contributed by atoms with van der Waals surface area (Å²) in [5.74, 6) is 0.165. The van der Waals surface area contributed by atoms with Crippen molar-refractivity contribution >= 4 is 11.8 Å². The Morgan fingerprint density at radius 3 is 1.36 bits per heavy atom. The Labute approximate surface area is 213 Å². The van der Waals surface area contributed by atoms with Crippen LogP contribution in [0.3, 0.4) is 0 Å². The van der Waals surface area contributed by atoms with Crippen LogP contribution >= 0.6 is 0 Å². The molecule has 6 rings (SSSR count). The zero-order chi connectivity index (χ0) is 26.1. The fraction of sp³-hybridized carbons (Fsp3) is 0.333. The zero-order valence-electron chi connectivity index (χ0n) is 21.2. The molecule has 0 bridgehead atoms. The SMILES string of the molecule is C#C.CC1=C[C@]2(C)COC(c3ccccc3)N2C1=O.CC1=C[C@]2(C)COC(c3ccccc3)N2C1=O. The lowest BCUT2D eigenvalue weighted by Crippen LogP contribution is -2.41. The molecule has 0 aromatic heterocycles. The van der Waals surface area contributed by atoms with E-state index in [0.29, 0.717) is 13.2 Å². The maximum Gasteiger partial charge on any atom is 0.252 e. The molecule has 0 aliphatic carbocycles. The summed E-state index contributed by atoms with van der Waals surface area (Å²) in [4.78, 5) is 28.0. The van der Waals surface area contributed by atoms with Crippen LogP contribution in [0.2, 0.25) is 0 Å². The van der Waals surface area contributed by atoms with E-state index in [9.17, 15) is 9.59 Å². The van der Waals surface area contributed by atoms with Crippen LogP contribution in [-0.2, 0) is 19.1 Å². The van der Waals surface area contributed by atoms with Crippen molar-refractivity contribution in [2.75, 3.05) is 13.2 Å². The van der Waals surface area contributed by atoms with Gasteiger partial charge in [0.05, 0.1) is 24.3 Å². The Hall–Kier alpha value is -3.66. The molecule has 4 aliphatic heterocycles. The first-order chi connectivity index (χ1) is 17.2. The van der Waals surface area contributed by atoms with Crippen molar-refractivity contribution in [3.05, 3.63) is 95.1 Å². The molecule has 6 nitrogen and oxygen atoms in total. The Morgan fingerprint density at radius 1 is 0.694 bits per heavy atom. The van der Waals surface area contributed by atoms with Crippen LogP contribution < -0.4 is 0 Å². The van der Waals surface area contributed by atoms with Gasteiger partial charge in [-0.25, -0.2) is 0 Å². The van der Waals surface area contributed by atoms with Gasteiger partial charge in [0.1, 0.15) is 0 Å². The number of benzene rings is 2. The number of terminal acetylenes is 1. The summed E-state index contributed by atoms with van der Waals surface area (Å²) in [5, 5.41) is 0. The highest BCUT2D eigenvalue weighted by Crippen LogP contribution is 2.44. The molecule has 186 valence electrons. The molecule has 4 heterocycles. The molecule has 0 saturated carbocycles. The van der Waals surface area contributed by atoms with E-state index < -0.39 is 0 Å². The second kappa shape index (κ2) is 9.77. The fourth-order valence-electron chi connectivity index (χ4n) is 5.38. The van der Waals surface area contributed by atoms with Gasteiger partial charge >= 0.3 is 0 Å². The Balaban J connectivity index is 0.000000158. The predicted octanol–water partition coefficient (Wildman–Crippen LogP) is 4.77. The van der Waals surface area contributed by atoms with E-state index in [1.54, 1.807) is 0 Å². The third-order valence-electron chi connectivity index (χ3n) is 6.97. The van der Waals surface area contributed by atoms with Crippen molar-refractivity contribution in [2.24, 2.45) is 0 Å². The summed E-state index contributed by atoms with van der Waals surface area (Å²) in [6.45, 7) is 8.96. The molecule has 2 aromatic rings. The van der Waals surface area contributed by atoms with Gasteiger partial charge in [-0.3, -0.25) is 19.4 Å². The lowest BCUT2D eigenvalue weighted by Gasteiger charge is -2.29. The van der Waals surface area contributed by atoms with Gasteiger partial charge in [0.2, 0.25) is 0 Å². The highest BCUT2D eigenvalue weighted by atomic mass is 16.5. The van der Waals surface area contributed by atoms with Crippen molar-refractivity contribution in [3.8, 4) is 12.8 Å². The lowest BCUT2D eigenvalue weighted by atomic mass is 10.0. The molecule has 2 unspecified atom stereocenters. The van der Waals surface area contributed by atoms with Crippen LogP contribution in [0.5, 0.6) is 0 Å². The van der Waals surface area contributed by atoms with Crippen molar-refractivity contribution < 1.29 is 19.1 Å². The first-order valence-electron chi connectivity index (χ1n) is 12.0. The molecule has 2 aromatic carbocycles. The van der Waals surface area contributed by atoms with Crippen molar-refractivity contribution in [1.29, 1.82) is 0 Å². The van der Waals surface area contributed by atoms with Gasteiger partial charge in [-0.2, -0.15) is 0 Å². The van der Waals surface area contributed by atoms with Gasteiger partial charge in [-0.05, 0) is 39.8 Å². The van der Waals surface area contributed by atoms with Crippen LogP contribution in [0.25, 0.3) is 0 Å². The summed E-state index contributed by atoms with van der Waals surface area (Å²) in [5.41, 5.74) is 3.15. The molecule has 2 fully saturated rings. The van der Waals surface area contributed by atoms with E-state index in [2.05, 4.69) is 12.8 Å².